The maximum atomic E-state index is 9.89. The molecule has 14 aromatic carbocycles. The van der Waals surface area contributed by atoms with E-state index in [1.165, 1.54) is 5.56 Å². The van der Waals surface area contributed by atoms with Gasteiger partial charge in [0.1, 0.15) is 0 Å². The Labute approximate surface area is 601 Å². The summed E-state index contributed by atoms with van der Waals surface area (Å²) in [4.78, 5) is 5.06. The van der Waals surface area contributed by atoms with Gasteiger partial charge in [0.05, 0.1) is 33.4 Å². The van der Waals surface area contributed by atoms with E-state index in [4.69, 9.17) is 2.74 Å². The average Bonchev–Trinajstić information content (AvgIpc) is 0.987. The Hall–Kier alpha value is -11.5. The monoisotopic (exact) mass is 1290 g/mol. The van der Waals surface area contributed by atoms with E-state index >= 15 is 0 Å². The number of benzene rings is 14. The smallest absolute Gasteiger partial charge is 0.252 e. The van der Waals surface area contributed by atoms with Crippen molar-refractivity contribution < 1.29 is 11.0 Å². The molecule has 0 amide bonds. The molecular weight excluding hydrogens is 1210 g/mol. The number of para-hydroxylation sites is 2. The van der Waals surface area contributed by atoms with E-state index in [0.29, 0.717) is 5.69 Å². The highest BCUT2D eigenvalue weighted by Gasteiger charge is 2.46. The largest absolute Gasteiger partial charge is 0.310 e. The number of hydrogen-bond donors (Lipinski definition) is 0. The molecule has 2 aliphatic heterocycles. The van der Waals surface area contributed by atoms with Crippen LogP contribution in [0.4, 0.5) is 34.1 Å². The van der Waals surface area contributed by atoms with E-state index in [2.05, 4.69) is 327 Å². The summed E-state index contributed by atoms with van der Waals surface area (Å²) in [5.74, 6) is 0. The third kappa shape index (κ3) is 10.8. The lowest BCUT2D eigenvalue weighted by Crippen LogP contribution is -2.61. The third-order valence-corrected chi connectivity index (χ3v) is 20.5. The summed E-state index contributed by atoms with van der Waals surface area (Å²) in [5.41, 5.74) is 26.1. The minimum absolute atomic E-state index is 0.0117. The Bertz CT molecular complexity index is 5880. The van der Waals surface area contributed by atoms with Crippen molar-refractivity contribution in [2.45, 2.75) is 78.6 Å². The van der Waals surface area contributed by atoms with Crippen LogP contribution in [-0.4, -0.2) is 11.3 Å². The Kier molecular flexibility index (Phi) is 13.0. The zero-order valence-corrected chi connectivity index (χ0v) is 57.9. The Balaban J connectivity index is 1.08. The molecule has 0 fully saturated rings. The molecule has 0 radical (unpaired) electrons. The molecule has 2 aliphatic rings. The highest BCUT2D eigenvalue weighted by molar-refractivity contribution is 7.00. The van der Waals surface area contributed by atoms with Crippen LogP contribution in [-0.2, 0) is 16.2 Å². The van der Waals surface area contributed by atoms with Crippen molar-refractivity contribution in [3.63, 3.8) is 0 Å². The van der Waals surface area contributed by atoms with E-state index < -0.39 is 48.4 Å². The minimum Gasteiger partial charge on any atom is -0.310 e. The van der Waals surface area contributed by atoms with Gasteiger partial charge in [0.25, 0.3) is 6.71 Å². The molecule has 0 aliphatic carbocycles. The molecule has 3 nitrogen and oxygen atoms in total. The third-order valence-electron chi connectivity index (χ3n) is 20.5. The highest BCUT2D eigenvalue weighted by Crippen LogP contribution is 2.56. The van der Waals surface area contributed by atoms with Crippen LogP contribution in [0.3, 0.4) is 0 Å². The average molecular weight is 1290 g/mol. The SMILES string of the molecule is [2H]c1c([2H])c([2H])c2c(c1[2H])c1c([2H])c([2H])c([2H])c([2H])c1n2-c1ccc2c(c1)N(c1c(-c3ccc(-c4ccccc4)cc3)cc(C(C)(C)C)cc1-c1ccc(-c3ccccc3)cc1)c1cc(C(C)(C)C)cc3c1B2c1cc(-c2ccccc2)ccc1N3c1c(-c2ccccc2)cc(C(C)(C)C)cc1-c1ccccc1. The summed E-state index contributed by atoms with van der Waals surface area (Å²) in [6, 6.07) is 95.3. The molecule has 4 heteroatoms. The first kappa shape index (κ1) is 53.6. The van der Waals surface area contributed by atoms with E-state index in [1.54, 1.807) is 4.57 Å². The van der Waals surface area contributed by atoms with Gasteiger partial charge in [-0.15, -0.1) is 0 Å². The van der Waals surface area contributed by atoms with Crippen molar-refractivity contribution in [2.75, 3.05) is 9.80 Å². The van der Waals surface area contributed by atoms with Crippen LogP contribution >= 0.6 is 0 Å². The minimum atomic E-state index is -0.498. The summed E-state index contributed by atoms with van der Waals surface area (Å²) in [6.07, 6.45) is 0. The molecule has 0 unspecified atom stereocenters. The zero-order chi connectivity index (χ0) is 75.1. The van der Waals surface area contributed by atoms with E-state index in [-0.39, 0.29) is 44.7 Å². The molecule has 3 heterocycles. The van der Waals surface area contributed by atoms with Crippen LogP contribution in [0, 0.1) is 0 Å². The maximum absolute atomic E-state index is 9.89. The Morgan fingerprint density at radius 3 is 1.02 bits per heavy atom. The quantitative estimate of drug-likeness (QED) is 0.126. The van der Waals surface area contributed by atoms with Crippen LogP contribution in [0.15, 0.2) is 321 Å². The summed E-state index contributed by atoms with van der Waals surface area (Å²) >= 11 is 0. The van der Waals surface area contributed by atoms with Crippen LogP contribution in [0.1, 0.15) is 90.0 Å². The number of anilines is 6. The van der Waals surface area contributed by atoms with Gasteiger partial charge >= 0.3 is 0 Å². The molecule has 0 spiro atoms. The molecule has 17 rings (SSSR count). The van der Waals surface area contributed by atoms with Gasteiger partial charge in [-0.1, -0.05) is 317 Å². The molecule has 15 aromatic rings. The maximum Gasteiger partial charge on any atom is 0.252 e. The van der Waals surface area contributed by atoms with Crippen LogP contribution < -0.4 is 26.2 Å². The molecular formula is C96H80BN3. The first-order valence-corrected chi connectivity index (χ1v) is 34.8. The highest BCUT2D eigenvalue weighted by atomic mass is 15.2. The second-order valence-corrected chi connectivity index (χ2v) is 29.9. The van der Waals surface area contributed by atoms with Crippen LogP contribution in [0.2, 0.25) is 0 Å². The van der Waals surface area contributed by atoms with Gasteiger partial charge in [-0.3, -0.25) is 0 Å². The lowest BCUT2D eigenvalue weighted by Gasteiger charge is -2.47. The van der Waals surface area contributed by atoms with Crippen LogP contribution in [0.25, 0.3) is 105 Å². The Morgan fingerprint density at radius 2 is 0.610 bits per heavy atom. The molecule has 0 saturated carbocycles. The molecule has 482 valence electrons. The van der Waals surface area contributed by atoms with Crippen molar-refractivity contribution in [2.24, 2.45) is 0 Å². The van der Waals surface area contributed by atoms with Crippen molar-refractivity contribution in [3.05, 3.63) is 338 Å². The number of hydrogen-bond acceptors (Lipinski definition) is 2. The fourth-order valence-electron chi connectivity index (χ4n) is 15.2. The van der Waals surface area contributed by atoms with Crippen molar-refractivity contribution in [1.29, 1.82) is 0 Å². The first-order valence-electron chi connectivity index (χ1n) is 38.8. The first-order chi connectivity index (χ1) is 51.8. The normalized spacial score (nSPS) is 13.9. The summed E-state index contributed by atoms with van der Waals surface area (Å²) in [6.45, 7) is 20.1. The summed E-state index contributed by atoms with van der Waals surface area (Å²) in [7, 11) is 0. The van der Waals surface area contributed by atoms with Crippen LogP contribution in [0.5, 0.6) is 0 Å². The lowest BCUT2D eigenvalue weighted by atomic mass is 9.33. The molecule has 0 N–H and O–H groups in total. The van der Waals surface area contributed by atoms with E-state index in [9.17, 15) is 8.22 Å². The molecule has 100 heavy (non-hydrogen) atoms. The molecule has 0 atom stereocenters. The summed E-state index contributed by atoms with van der Waals surface area (Å²) < 4.78 is 77.5. The molecule has 0 bridgehead atoms. The van der Waals surface area contributed by atoms with Gasteiger partial charge in [0.15, 0.2) is 0 Å². The fraction of sp³-hybridized carbons (Fsp3) is 0.125. The van der Waals surface area contributed by atoms with Crippen molar-refractivity contribution >= 4 is 79.0 Å². The van der Waals surface area contributed by atoms with Gasteiger partial charge in [0.2, 0.25) is 0 Å². The number of rotatable bonds is 10. The van der Waals surface area contributed by atoms with Crippen molar-refractivity contribution in [3.8, 4) is 83.6 Å². The van der Waals surface area contributed by atoms with Gasteiger partial charge < -0.3 is 14.4 Å². The lowest BCUT2D eigenvalue weighted by molar-refractivity contribution is 0.590. The molecule has 1 aromatic heterocycles. The summed E-state index contributed by atoms with van der Waals surface area (Å²) in [5, 5.41) is 0.0234. The topological polar surface area (TPSA) is 11.4 Å². The second-order valence-electron chi connectivity index (χ2n) is 29.9. The van der Waals surface area contributed by atoms with Gasteiger partial charge in [0, 0.05) is 61.5 Å². The van der Waals surface area contributed by atoms with E-state index in [0.717, 1.165) is 140 Å². The van der Waals surface area contributed by atoms with Gasteiger partial charge in [-0.25, -0.2) is 0 Å². The fourth-order valence-corrected chi connectivity index (χ4v) is 15.2. The van der Waals surface area contributed by atoms with Crippen molar-refractivity contribution in [1.82, 2.24) is 4.57 Å². The second kappa shape index (κ2) is 24.2. The Morgan fingerprint density at radius 1 is 0.280 bits per heavy atom. The van der Waals surface area contributed by atoms with Gasteiger partial charge in [-0.05, 0) is 172 Å². The zero-order valence-electron chi connectivity index (χ0n) is 65.9. The number of aromatic nitrogens is 1. The predicted molar refractivity (Wildman–Crippen MR) is 429 cm³/mol. The predicted octanol–water partition coefficient (Wildman–Crippen LogP) is 24.4. The van der Waals surface area contributed by atoms with Gasteiger partial charge in [-0.2, -0.15) is 0 Å². The standard InChI is InChI=1S/C96H80BN3/c1-94(2,3)73-56-79(68-35-21-13-22-36-68)92(80(57-73)69-37-23-14-24-38-69)99-87-54-51-72(65-33-19-12-20-34-65)55-84(87)97-83-53-52-76(98-85-41-27-25-39-77(85)78-40-26-28-42-86(78)98)62-88(83)100(90-61-75(96(7,8)9)60-89(99)91(90)97)93-81(70-47-43-66(44-48-70)63-29-15-10-16-30-63)58-74(95(4,5)6)59-82(93)71-49-45-67(46-50-71)64-31-17-11-18-32-64/h10-62H,1-9H3/i25D,26D,27D,28D,39D,40D,41D,42D. The van der Waals surface area contributed by atoms with E-state index in [1.807, 2.05) is 18.2 Å². The molecule has 0 saturated heterocycles. The number of nitrogens with zero attached hydrogens (tertiary/aromatic N) is 3. The number of fused-ring (bicyclic) bond motifs is 7.